The molecule has 0 aliphatic carbocycles. The van der Waals surface area contributed by atoms with Crippen LogP contribution in [-0.2, 0) is 22.6 Å². The smallest absolute Gasteiger partial charge is 0.192 e. The number of aliphatic imine (C=N–C) groups is 1. The summed E-state index contributed by atoms with van der Waals surface area (Å²) in [5.41, 5.74) is 3.07. The van der Waals surface area contributed by atoms with Crippen LogP contribution in [0.25, 0.3) is 0 Å². The molecule has 0 aromatic heterocycles. The molecule has 3 rings (SSSR count). The second-order valence-electron chi connectivity index (χ2n) is 7.90. The maximum Gasteiger partial charge on any atom is 0.192 e. The van der Waals surface area contributed by atoms with Gasteiger partial charge in [-0.2, -0.15) is 0 Å². The van der Waals surface area contributed by atoms with Crippen molar-refractivity contribution in [2.45, 2.75) is 52.0 Å². The monoisotopic (exact) mass is 571 g/mol. The van der Waals surface area contributed by atoms with Gasteiger partial charge in [-0.15, -0.1) is 24.0 Å². The third kappa shape index (κ3) is 8.75. The zero-order chi connectivity index (χ0) is 22.8. The number of hydrogen-bond acceptors (Lipinski definition) is 4. The molecule has 0 spiro atoms. The van der Waals surface area contributed by atoms with E-state index in [1.165, 1.54) is 13.2 Å². The number of rotatable bonds is 9. The Kier molecular flexibility index (Phi) is 11.9. The number of methoxy groups -OCH3 is 1. The maximum atomic E-state index is 14.1. The van der Waals surface area contributed by atoms with E-state index in [-0.39, 0.29) is 47.7 Å². The van der Waals surface area contributed by atoms with Crippen molar-refractivity contribution in [3.05, 3.63) is 65.0 Å². The zero-order valence-electron chi connectivity index (χ0n) is 19.6. The molecule has 1 saturated heterocycles. The van der Waals surface area contributed by atoms with Crippen molar-refractivity contribution in [3.8, 4) is 5.75 Å². The molecular weight excluding hydrogens is 536 g/mol. The molecule has 6 nitrogen and oxygen atoms in total. The van der Waals surface area contributed by atoms with E-state index in [9.17, 15) is 4.39 Å². The molecule has 0 saturated carbocycles. The third-order valence-corrected chi connectivity index (χ3v) is 5.44. The van der Waals surface area contributed by atoms with Crippen molar-refractivity contribution < 1.29 is 18.6 Å². The van der Waals surface area contributed by atoms with Crippen LogP contribution in [-0.4, -0.2) is 38.9 Å². The lowest BCUT2D eigenvalue weighted by Gasteiger charge is -2.22. The molecule has 0 bridgehead atoms. The highest BCUT2D eigenvalue weighted by atomic mass is 127. The van der Waals surface area contributed by atoms with E-state index in [0.29, 0.717) is 19.1 Å². The minimum Gasteiger partial charge on any atom is -0.494 e. The predicted octanol–water partition coefficient (Wildman–Crippen LogP) is 4.96. The van der Waals surface area contributed by atoms with Crippen molar-refractivity contribution in [2.75, 3.05) is 26.9 Å². The molecule has 1 heterocycles. The average Bonchev–Trinajstić information content (AvgIpc) is 2.82. The standard InChI is InChI=1S/C25H34FN3O3.HI/c1-4-27-25(29-18(2)21-8-9-24(30-3)23(26)15-21)28-16-19-6-5-7-20(14-19)17-32-22-10-12-31-13-11-22;/h5-9,14-15,18,22H,4,10-13,16-17H2,1-3H3,(H2,27,28,29);1H. The van der Waals surface area contributed by atoms with Crippen LogP contribution in [0, 0.1) is 5.82 Å². The molecule has 0 radical (unpaired) electrons. The Morgan fingerprint density at radius 1 is 1.18 bits per heavy atom. The van der Waals surface area contributed by atoms with Crippen LogP contribution in [0.4, 0.5) is 4.39 Å². The summed E-state index contributed by atoms with van der Waals surface area (Å²) in [7, 11) is 1.46. The van der Waals surface area contributed by atoms with Gasteiger partial charge in [0.15, 0.2) is 17.5 Å². The highest BCUT2D eigenvalue weighted by molar-refractivity contribution is 14.0. The van der Waals surface area contributed by atoms with Crippen LogP contribution in [0.3, 0.4) is 0 Å². The van der Waals surface area contributed by atoms with E-state index < -0.39 is 0 Å². The summed E-state index contributed by atoms with van der Waals surface area (Å²) in [6, 6.07) is 13.2. The van der Waals surface area contributed by atoms with Gasteiger partial charge in [0.05, 0.1) is 32.4 Å². The summed E-state index contributed by atoms with van der Waals surface area (Å²) in [4.78, 5) is 4.72. The minimum atomic E-state index is -0.375. The Morgan fingerprint density at radius 3 is 2.64 bits per heavy atom. The second kappa shape index (κ2) is 14.4. The van der Waals surface area contributed by atoms with E-state index in [1.807, 2.05) is 26.0 Å². The highest BCUT2D eigenvalue weighted by Gasteiger charge is 2.14. The first-order valence-electron chi connectivity index (χ1n) is 11.2. The van der Waals surface area contributed by atoms with Gasteiger partial charge in [-0.1, -0.05) is 30.3 Å². The largest absolute Gasteiger partial charge is 0.494 e. The first kappa shape index (κ1) is 27.3. The molecule has 1 aliphatic heterocycles. The van der Waals surface area contributed by atoms with Gasteiger partial charge in [0.1, 0.15) is 0 Å². The molecular formula is C25H35FIN3O3. The number of halogens is 2. The fourth-order valence-corrected chi connectivity index (χ4v) is 3.61. The molecule has 182 valence electrons. The van der Waals surface area contributed by atoms with Crippen LogP contribution in [0.2, 0.25) is 0 Å². The summed E-state index contributed by atoms with van der Waals surface area (Å²) in [5, 5.41) is 6.60. The van der Waals surface area contributed by atoms with Crippen molar-refractivity contribution in [1.82, 2.24) is 10.6 Å². The molecule has 2 aromatic rings. The Morgan fingerprint density at radius 2 is 1.94 bits per heavy atom. The van der Waals surface area contributed by atoms with Crippen LogP contribution in [0.15, 0.2) is 47.5 Å². The van der Waals surface area contributed by atoms with Crippen molar-refractivity contribution in [3.63, 3.8) is 0 Å². The molecule has 1 atom stereocenters. The second-order valence-corrected chi connectivity index (χ2v) is 7.90. The number of nitrogens with zero attached hydrogens (tertiary/aromatic N) is 1. The van der Waals surface area contributed by atoms with Gasteiger partial charge in [0, 0.05) is 19.8 Å². The quantitative estimate of drug-likeness (QED) is 0.253. The fraction of sp³-hybridized carbons (Fsp3) is 0.480. The molecule has 0 amide bonds. The van der Waals surface area contributed by atoms with Crippen LogP contribution in [0.1, 0.15) is 49.4 Å². The van der Waals surface area contributed by atoms with Gasteiger partial charge in [-0.05, 0) is 55.5 Å². The third-order valence-electron chi connectivity index (χ3n) is 5.44. The lowest BCUT2D eigenvalue weighted by Crippen LogP contribution is -2.38. The van der Waals surface area contributed by atoms with Crippen molar-refractivity contribution in [1.29, 1.82) is 0 Å². The van der Waals surface area contributed by atoms with Crippen molar-refractivity contribution in [2.24, 2.45) is 4.99 Å². The number of ether oxygens (including phenoxy) is 3. The van der Waals surface area contributed by atoms with E-state index >= 15 is 0 Å². The summed E-state index contributed by atoms with van der Waals surface area (Å²) in [5.74, 6) is 0.544. The summed E-state index contributed by atoms with van der Waals surface area (Å²) < 4.78 is 30.5. The van der Waals surface area contributed by atoms with Gasteiger partial charge in [0.2, 0.25) is 0 Å². The fourth-order valence-electron chi connectivity index (χ4n) is 3.61. The van der Waals surface area contributed by atoms with Crippen LogP contribution < -0.4 is 15.4 Å². The summed E-state index contributed by atoms with van der Waals surface area (Å²) in [6.45, 7) is 7.41. The Bertz CT molecular complexity index is 891. The van der Waals surface area contributed by atoms with Gasteiger partial charge in [-0.3, -0.25) is 0 Å². The summed E-state index contributed by atoms with van der Waals surface area (Å²) in [6.07, 6.45) is 2.19. The van der Waals surface area contributed by atoms with Crippen molar-refractivity contribution >= 4 is 29.9 Å². The molecule has 1 aliphatic rings. The SMILES string of the molecule is CCNC(=NCc1cccc(COC2CCOCC2)c1)NC(C)c1ccc(OC)c(F)c1.I. The first-order chi connectivity index (χ1) is 15.6. The van der Waals surface area contributed by atoms with Gasteiger partial charge >= 0.3 is 0 Å². The number of benzene rings is 2. The lowest BCUT2D eigenvalue weighted by atomic mass is 10.1. The zero-order valence-corrected chi connectivity index (χ0v) is 21.9. The van der Waals surface area contributed by atoms with E-state index in [4.69, 9.17) is 19.2 Å². The highest BCUT2D eigenvalue weighted by Crippen LogP contribution is 2.21. The molecule has 2 aromatic carbocycles. The van der Waals surface area contributed by atoms with Gasteiger partial charge in [-0.25, -0.2) is 9.38 Å². The number of guanidine groups is 1. The molecule has 1 unspecified atom stereocenters. The van der Waals surface area contributed by atoms with Gasteiger partial charge in [0.25, 0.3) is 0 Å². The van der Waals surface area contributed by atoms with Crippen LogP contribution in [0.5, 0.6) is 5.75 Å². The van der Waals surface area contributed by atoms with E-state index in [1.54, 1.807) is 6.07 Å². The topological polar surface area (TPSA) is 64.1 Å². The predicted molar refractivity (Wildman–Crippen MR) is 140 cm³/mol. The van der Waals surface area contributed by atoms with Gasteiger partial charge < -0.3 is 24.8 Å². The van der Waals surface area contributed by atoms with Crippen LogP contribution >= 0.6 is 24.0 Å². The Balaban J connectivity index is 0.00000385. The van der Waals surface area contributed by atoms with E-state index in [0.717, 1.165) is 49.3 Å². The molecule has 2 N–H and O–H groups in total. The minimum absolute atomic E-state index is 0. The lowest BCUT2D eigenvalue weighted by molar-refractivity contribution is -0.0390. The number of nitrogens with one attached hydrogen (secondary N) is 2. The Labute approximate surface area is 213 Å². The number of hydrogen-bond donors (Lipinski definition) is 2. The Hall–Kier alpha value is -1.91. The molecule has 33 heavy (non-hydrogen) atoms. The average molecular weight is 571 g/mol. The molecule has 8 heteroatoms. The maximum absolute atomic E-state index is 14.1. The molecule has 1 fully saturated rings. The normalized spacial score (nSPS) is 15.5. The summed E-state index contributed by atoms with van der Waals surface area (Å²) >= 11 is 0. The van der Waals surface area contributed by atoms with E-state index in [2.05, 4.69) is 28.8 Å². The first-order valence-corrected chi connectivity index (χ1v) is 11.2.